The summed E-state index contributed by atoms with van der Waals surface area (Å²) >= 11 is 0. The summed E-state index contributed by atoms with van der Waals surface area (Å²) < 4.78 is 21.5. The minimum absolute atomic E-state index is 0.0828. The summed E-state index contributed by atoms with van der Waals surface area (Å²) in [6, 6.07) is 6.66. The summed E-state index contributed by atoms with van der Waals surface area (Å²) in [5, 5.41) is 0. The quantitative estimate of drug-likeness (QED) is 0.610. The molecule has 2 nitrogen and oxygen atoms in total. The van der Waals surface area contributed by atoms with Crippen LogP contribution in [-0.2, 0) is 28.3 Å². The second-order valence-electron chi connectivity index (χ2n) is 4.66. The lowest BCUT2D eigenvalue weighted by molar-refractivity contribution is 0.605. The van der Waals surface area contributed by atoms with Crippen molar-refractivity contribution < 1.29 is 8.42 Å². The average Bonchev–Trinajstić information content (AvgIpc) is 2.70. The van der Waals surface area contributed by atoms with Gasteiger partial charge in [0.15, 0.2) is 0 Å². The van der Waals surface area contributed by atoms with E-state index in [9.17, 15) is 8.42 Å². The highest BCUT2D eigenvalue weighted by molar-refractivity contribution is 8.13. The van der Waals surface area contributed by atoms with Crippen LogP contribution in [0.1, 0.15) is 36.0 Å². The maximum Gasteiger partial charge on any atom is 0.232 e. The van der Waals surface area contributed by atoms with Gasteiger partial charge in [-0.25, -0.2) is 8.42 Å². The number of aryl methyl sites for hydroxylation is 3. The van der Waals surface area contributed by atoms with Crippen LogP contribution in [-0.4, -0.2) is 14.2 Å². The molecule has 4 heteroatoms. The van der Waals surface area contributed by atoms with Gasteiger partial charge < -0.3 is 0 Å². The van der Waals surface area contributed by atoms with E-state index in [1.54, 1.807) is 0 Å². The molecule has 0 atom stereocenters. The van der Waals surface area contributed by atoms with Crippen molar-refractivity contribution in [3.8, 4) is 0 Å². The van der Waals surface area contributed by atoms with Gasteiger partial charge in [-0.05, 0) is 55.2 Å². The normalized spacial score (nSPS) is 14.9. The summed E-state index contributed by atoms with van der Waals surface area (Å²) in [6.07, 6.45) is 6.13. The zero-order chi connectivity index (χ0) is 12.3. The zero-order valence-electron chi connectivity index (χ0n) is 9.78. The van der Waals surface area contributed by atoms with Gasteiger partial charge >= 0.3 is 0 Å². The van der Waals surface area contributed by atoms with Crippen LogP contribution in [0.5, 0.6) is 0 Å². The van der Waals surface area contributed by atoms with E-state index in [4.69, 9.17) is 10.7 Å². The summed E-state index contributed by atoms with van der Waals surface area (Å²) in [5.74, 6) is 0.0828. The molecule has 0 fully saturated rings. The molecule has 0 heterocycles. The monoisotopic (exact) mass is 272 g/mol. The smallest absolute Gasteiger partial charge is 0.212 e. The van der Waals surface area contributed by atoms with Crippen LogP contribution in [0, 0.1) is 0 Å². The molecule has 0 aliphatic heterocycles. The second kappa shape index (κ2) is 5.40. The van der Waals surface area contributed by atoms with Crippen molar-refractivity contribution in [1.29, 1.82) is 0 Å². The van der Waals surface area contributed by atoms with Crippen LogP contribution >= 0.6 is 10.7 Å². The van der Waals surface area contributed by atoms with Gasteiger partial charge in [-0.2, -0.15) is 0 Å². The molecule has 0 amide bonds. The van der Waals surface area contributed by atoms with Crippen molar-refractivity contribution in [3.63, 3.8) is 0 Å². The van der Waals surface area contributed by atoms with Crippen molar-refractivity contribution in [2.45, 2.75) is 38.5 Å². The maximum atomic E-state index is 10.8. The molecule has 94 valence electrons. The Hall–Kier alpha value is -0.540. The first-order chi connectivity index (χ1) is 8.04. The molecule has 0 spiro atoms. The molecule has 17 heavy (non-hydrogen) atoms. The van der Waals surface area contributed by atoms with Gasteiger partial charge in [0.2, 0.25) is 9.05 Å². The number of unbranched alkanes of at least 4 members (excludes halogenated alkanes) is 1. The fraction of sp³-hybridized carbons (Fsp3) is 0.538. The Morgan fingerprint density at radius 1 is 1.12 bits per heavy atom. The van der Waals surface area contributed by atoms with Gasteiger partial charge in [0.05, 0.1) is 5.75 Å². The van der Waals surface area contributed by atoms with E-state index in [1.807, 2.05) is 0 Å². The van der Waals surface area contributed by atoms with Crippen LogP contribution in [0.4, 0.5) is 0 Å². The lowest BCUT2D eigenvalue weighted by atomic mass is 10.0. The van der Waals surface area contributed by atoms with Crippen LogP contribution in [0.3, 0.4) is 0 Å². The van der Waals surface area contributed by atoms with Gasteiger partial charge in [-0.3, -0.25) is 0 Å². The molecular formula is C13H17ClO2S. The molecule has 0 saturated carbocycles. The van der Waals surface area contributed by atoms with Gasteiger partial charge in [0.1, 0.15) is 0 Å². The van der Waals surface area contributed by atoms with Gasteiger partial charge in [0.25, 0.3) is 0 Å². The molecular weight excluding hydrogens is 256 g/mol. The number of rotatable bonds is 5. The highest BCUT2D eigenvalue weighted by atomic mass is 35.7. The topological polar surface area (TPSA) is 34.1 Å². The largest absolute Gasteiger partial charge is 0.232 e. The Morgan fingerprint density at radius 3 is 2.65 bits per heavy atom. The molecule has 2 rings (SSSR count). The number of benzene rings is 1. The Bertz CT molecular complexity index is 494. The number of hydrogen-bond acceptors (Lipinski definition) is 2. The van der Waals surface area contributed by atoms with E-state index in [0.29, 0.717) is 6.42 Å². The minimum atomic E-state index is -3.32. The lowest BCUT2D eigenvalue weighted by Crippen LogP contribution is -1.98. The number of halogens is 1. The average molecular weight is 273 g/mol. The molecule has 0 N–H and O–H groups in total. The van der Waals surface area contributed by atoms with E-state index < -0.39 is 9.05 Å². The van der Waals surface area contributed by atoms with Crippen LogP contribution < -0.4 is 0 Å². The van der Waals surface area contributed by atoms with E-state index >= 15 is 0 Å². The first kappa shape index (κ1) is 12.9. The Balaban J connectivity index is 1.84. The first-order valence-corrected chi connectivity index (χ1v) is 8.55. The Labute approximate surface area is 107 Å². The second-order valence-corrected chi connectivity index (χ2v) is 7.55. The van der Waals surface area contributed by atoms with Crippen LogP contribution in [0.15, 0.2) is 18.2 Å². The fourth-order valence-electron chi connectivity index (χ4n) is 2.38. The van der Waals surface area contributed by atoms with Crippen molar-refractivity contribution in [1.82, 2.24) is 0 Å². The number of hydrogen-bond donors (Lipinski definition) is 0. The van der Waals surface area contributed by atoms with E-state index in [2.05, 4.69) is 18.2 Å². The molecule has 0 bridgehead atoms. The molecule has 0 aromatic heterocycles. The molecule has 1 aromatic carbocycles. The van der Waals surface area contributed by atoms with Crippen molar-refractivity contribution in [2.75, 3.05) is 5.75 Å². The number of fused-ring (bicyclic) bond motifs is 1. The van der Waals surface area contributed by atoms with Gasteiger partial charge in [-0.15, -0.1) is 0 Å². The van der Waals surface area contributed by atoms with Gasteiger partial charge in [-0.1, -0.05) is 18.2 Å². The van der Waals surface area contributed by atoms with E-state index in [0.717, 1.165) is 12.8 Å². The Kier molecular flexibility index (Phi) is 4.10. The summed E-state index contributed by atoms with van der Waals surface area (Å²) in [6.45, 7) is 0. The summed E-state index contributed by atoms with van der Waals surface area (Å²) in [5.41, 5.74) is 4.28. The fourth-order valence-corrected chi connectivity index (χ4v) is 3.26. The van der Waals surface area contributed by atoms with Crippen molar-refractivity contribution in [2.24, 2.45) is 0 Å². The van der Waals surface area contributed by atoms with E-state index in [1.165, 1.54) is 36.0 Å². The molecule has 1 aliphatic carbocycles. The molecule has 0 unspecified atom stereocenters. The predicted octanol–water partition coefficient (Wildman–Crippen LogP) is 3.07. The SMILES string of the molecule is O=S(=O)(Cl)CCCCc1ccc2c(c1)CCC2. The van der Waals surface area contributed by atoms with Gasteiger partial charge in [0, 0.05) is 10.7 Å². The third-order valence-electron chi connectivity index (χ3n) is 3.27. The molecule has 1 aromatic rings. The zero-order valence-corrected chi connectivity index (χ0v) is 11.4. The third kappa shape index (κ3) is 4.00. The predicted molar refractivity (Wildman–Crippen MR) is 71.0 cm³/mol. The molecule has 0 radical (unpaired) electrons. The molecule has 0 saturated heterocycles. The molecule has 1 aliphatic rings. The lowest BCUT2D eigenvalue weighted by Gasteiger charge is -2.04. The van der Waals surface area contributed by atoms with E-state index in [-0.39, 0.29) is 5.75 Å². The van der Waals surface area contributed by atoms with Crippen molar-refractivity contribution >= 4 is 19.7 Å². The highest BCUT2D eigenvalue weighted by Crippen LogP contribution is 2.23. The summed E-state index contributed by atoms with van der Waals surface area (Å²) in [7, 11) is 1.85. The van der Waals surface area contributed by atoms with Crippen LogP contribution in [0.25, 0.3) is 0 Å². The van der Waals surface area contributed by atoms with Crippen LogP contribution in [0.2, 0.25) is 0 Å². The Morgan fingerprint density at radius 2 is 1.88 bits per heavy atom. The minimum Gasteiger partial charge on any atom is -0.212 e. The summed E-state index contributed by atoms with van der Waals surface area (Å²) in [4.78, 5) is 0. The highest BCUT2D eigenvalue weighted by Gasteiger charge is 2.10. The first-order valence-electron chi connectivity index (χ1n) is 6.08. The maximum absolute atomic E-state index is 10.8. The standard InChI is InChI=1S/C13H17ClO2S/c14-17(15,16)9-2-1-4-11-7-8-12-5-3-6-13(12)10-11/h7-8,10H,1-6,9H2. The van der Waals surface area contributed by atoms with Crippen molar-refractivity contribution in [3.05, 3.63) is 34.9 Å². The third-order valence-corrected chi connectivity index (χ3v) is 4.51.